The molecule has 0 spiro atoms. The number of hydrogen-bond donors (Lipinski definition) is 0. The molecule has 0 atom stereocenters. The predicted octanol–water partition coefficient (Wildman–Crippen LogP) is 3.77. The lowest BCUT2D eigenvalue weighted by Crippen LogP contribution is -2.03. The van der Waals surface area contributed by atoms with E-state index in [1.807, 2.05) is 6.07 Å². The molecule has 0 aliphatic rings. The molecule has 2 aromatic rings. The number of hydrogen-bond acceptors (Lipinski definition) is 4. The monoisotopic (exact) mass is 332 g/mol. The van der Waals surface area contributed by atoms with Gasteiger partial charge in [0.15, 0.2) is 0 Å². The van der Waals surface area contributed by atoms with Gasteiger partial charge >= 0.3 is 5.97 Å². The van der Waals surface area contributed by atoms with Crippen LogP contribution in [0.3, 0.4) is 0 Å². The van der Waals surface area contributed by atoms with Gasteiger partial charge in [-0.15, -0.1) is 0 Å². The Balaban J connectivity index is 2.09. The molecule has 1 heterocycles. The zero-order valence-electron chi connectivity index (χ0n) is 10.9. The van der Waals surface area contributed by atoms with Crippen LogP contribution in [0.5, 0.6) is 0 Å². The van der Waals surface area contributed by atoms with E-state index >= 15 is 0 Å². The van der Waals surface area contributed by atoms with Gasteiger partial charge < -0.3 is 4.74 Å². The summed E-state index contributed by atoms with van der Waals surface area (Å²) in [6.45, 7) is 2.15. The Labute approximate surface area is 125 Å². The molecule has 0 amide bonds. The summed E-state index contributed by atoms with van der Waals surface area (Å²) in [7, 11) is 0. The summed E-state index contributed by atoms with van der Waals surface area (Å²) in [5, 5.41) is 0. The Hall–Kier alpha value is -2.01. The molecule has 1 aromatic carbocycles. The number of aromatic nitrogens is 1. The van der Waals surface area contributed by atoms with Crippen molar-refractivity contribution in [1.82, 2.24) is 4.98 Å². The van der Waals surface area contributed by atoms with Crippen molar-refractivity contribution >= 4 is 33.8 Å². The largest absolute Gasteiger partial charge is 0.462 e. The SMILES string of the molecule is CCOC(=O)c1ccc(N=Cc2cncc(Br)c2)cc1. The molecule has 0 saturated heterocycles. The highest BCUT2D eigenvalue weighted by Crippen LogP contribution is 2.14. The summed E-state index contributed by atoms with van der Waals surface area (Å²) in [6.07, 6.45) is 5.16. The standard InChI is InChI=1S/C15H13BrN2O2/c1-2-20-15(19)12-3-5-14(6-4-12)18-9-11-7-13(16)10-17-8-11/h3-10H,2H2,1H3. The van der Waals surface area contributed by atoms with Crippen molar-refractivity contribution in [3.05, 3.63) is 58.3 Å². The Bertz CT molecular complexity index is 624. The molecule has 0 fully saturated rings. The van der Waals surface area contributed by atoms with Gasteiger partial charge in [0.05, 0.1) is 17.9 Å². The van der Waals surface area contributed by atoms with Crippen LogP contribution in [0, 0.1) is 0 Å². The molecule has 0 N–H and O–H groups in total. The highest BCUT2D eigenvalue weighted by molar-refractivity contribution is 9.10. The molecular weight excluding hydrogens is 320 g/mol. The Morgan fingerprint density at radius 1 is 1.35 bits per heavy atom. The molecule has 102 valence electrons. The molecule has 0 radical (unpaired) electrons. The summed E-state index contributed by atoms with van der Waals surface area (Å²) in [5.41, 5.74) is 2.18. The van der Waals surface area contributed by atoms with Crippen molar-refractivity contribution < 1.29 is 9.53 Å². The van der Waals surface area contributed by atoms with Crippen molar-refractivity contribution in [3.8, 4) is 0 Å². The van der Waals surface area contributed by atoms with Crippen molar-refractivity contribution in [2.75, 3.05) is 6.61 Å². The Kier molecular flexibility index (Phi) is 5.01. The zero-order chi connectivity index (χ0) is 14.4. The van der Waals surface area contributed by atoms with Crippen LogP contribution in [0.15, 0.2) is 52.2 Å². The van der Waals surface area contributed by atoms with E-state index in [1.165, 1.54) is 0 Å². The lowest BCUT2D eigenvalue weighted by molar-refractivity contribution is 0.0526. The number of ether oxygens (including phenoxy) is 1. The minimum atomic E-state index is -0.320. The molecule has 20 heavy (non-hydrogen) atoms. The number of aliphatic imine (C=N–C) groups is 1. The van der Waals surface area contributed by atoms with Crippen molar-refractivity contribution in [2.24, 2.45) is 4.99 Å². The van der Waals surface area contributed by atoms with Gasteiger partial charge in [0.25, 0.3) is 0 Å². The maximum absolute atomic E-state index is 11.5. The van der Waals surface area contributed by atoms with E-state index in [0.29, 0.717) is 12.2 Å². The maximum atomic E-state index is 11.5. The molecule has 0 saturated carbocycles. The minimum absolute atomic E-state index is 0.320. The van der Waals surface area contributed by atoms with Crippen LogP contribution in [-0.4, -0.2) is 23.8 Å². The third-order valence-electron chi connectivity index (χ3n) is 2.47. The van der Waals surface area contributed by atoms with Gasteiger partial charge in [-0.3, -0.25) is 9.98 Å². The van der Waals surface area contributed by atoms with Gasteiger partial charge in [-0.2, -0.15) is 0 Å². The van der Waals surface area contributed by atoms with Crippen LogP contribution in [0.2, 0.25) is 0 Å². The normalized spacial score (nSPS) is 10.7. The quantitative estimate of drug-likeness (QED) is 0.632. The number of halogens is 1. The first-order valence-electron chi connectivity index (χ1n) is 6.11. The fourth-order valence-corrected chi connectivity index (χ4v) is 1.93. The second-order valence-corrected chi connectivity index (χ2v) is 4.88. The van der Waals surface area contributed by atoms with Gasteiger partial charge in [-0.05, 0) is 53.2 Å². The molecule has 0 bridgehead atoms. The number of rotatable bonds is 4. The van der Waals surface area contributed by atoms with Crippen LogP contribution in [0.25, 0.3) is 0 Å². The summed E-state index contributed by atoms with van der Waals surface area (Å²) in [6, 6.07) is 8.86. The predicted molar refractivity (Wildman–Crippen MR) is 81.6 cm³/mol. The zero-order valence-corrected chi connectivity index (χ0v) is 12.5. The molecule has 0 aliphatic carbocycles. The Morgan fingerprint density at radius 2 is 2.10 bits per heavy atom. The fraction of sp³-hybridized carbons (Fsp3) is 0.133. The number of carbonyl (C=O) groups is 1. The summed E-state index contributed by atoms with van der Waals surface area (Å²) in [5.74, 6) is -0.320. The Morgan fingerprint density at radius 3 is 2.75 bits per heavy atom. The van der Waals surface area contributed by atoms with Crippen molar-refractivity contribution in [3.63, 3.8) is 0 Å². The highest BCUT2D eigenvalue weighted by Gasteiger charge is 2.04. The minimum Gasteiger partial charge on any atom is -0.462 e. The van der Waals surface area contributed by atoms with Crippen molar-refractivity contribution in [2.45, 2.75) is 6.92 Å². The van der Waals surface area contributed by atoms with Gasteiger partial charge in [0, 0.05) is 28.6 Å². The first kappa shape index (κ1) is 14.4. The first-order chi connectivity index (χ1) is 9.69. The lowest BCUT2D eigenvalue weighted by atomic mass is 10.2. The number of esters is 1. The lowest BCUT2D eigenvalue weighted by Gasteiger charge is -2.01. The number of nitrogens with zero attached hydrogens (tertiary/aromatic N) is 2. The van der Waals surface area contributed by atoms with E-state index in [9.17, 15) is 4.79 Å². The van der Waals surface area contributed by atoms with Crippen LogP contribution >= 0.6 is 15.9 Å². The number of carbonyl (C=O) groups excluding carboxylic acids is 1. The third kappa shape index (κ3) is 3.99. The summed E-state index contributed by atoms with van der Waals surface area (Å²) >= 11 is 3.35. The van der Waals surface area contributed by atoms with E-state index in [4.69, 9.17) is 4.74 Å². The molecule has 5 heteroatoms. The highest BCUT2D eigenvalue weighted by atomic mass is 79.9. The third-order valence-corrected chi connectivity index (χ3v) is 2.90. The second kappa shape index (κ2) is 6.96. The van der Waals surface area contributed by atoms with Crippen LogP contribution < -0.4 is 0 Å². The summed E-state index contributed by atoms with van der Waals surface area (Å²) < 4.78 is 5.82. The van der Waals surface area contributed by atoms with E-state index in [1.54, 1.807) is 49.8 Å². The topological polar surface area (TPSA) is 51.5 Å². The van der Waals surface area contributed by atoms with Crippen LogP contribution in [0.4, 0.5) is 5.69 Å². The average molecular weight is 333 g/mol. The number of pyridine rings is 1. The molecule has 2 rings (SSSR count). The molecule has 0 aliphatic heterocycles. The maximum Gasteiger partial charge on any atom is 0.338 e. The van der Waals surface area contributed by atoms with Gasteiger partial charge in [0.1, 0.15) is 0 Å². The van der Waals surface area contributed by atoms with Crippen molar-refractivity contribution in [1.29, 1.82) is 0 Å². The number of benzene rings is 1. The average Bonchev–Trinajstić information content (AvgIpc) is 2.46. The molecule has 1 aromatic heterocycles. The van der Waals surface area contributed by atoms with Crippen LogP contribution in [0.1, 0.15) is 22.8 Å². The fourth-order valence-electron chi connectivity index (χ4n) is 1.55. The first-order valence-corrected chi connectivity index (χ1v) is 6.90. The van der Waals surface area contributed by atoms with E-state index in [2.05, 4.69) is 25.9 Å². The van der Waals surface area contributed by atoms with E-state index in [0.717, 1.165) is 15.7 Å². The molecular formula is C15H13BrN2O2. The van der Waals surface area contributed by atoms with E-state index in [-0.39, 0.29) is 5.97 Å². The van der Waals surface area contributed by atoms with Gasteiger partial charge in [0.2, 0.25) is 0 Å². The van der Waals surface area contributed by atoms with Gasteiger partial charge in [-0.1, -0.05) is 0 Å². The second-order valence-electron chi connectivity index (χ2n) is 3.96. The van der Waals surface area contributed by atoms with Crippen LogP contribution in [-0.2, 0) is 4.74 Å². The van der Waals surface area contributed by atoms with E-state index < -0.39 is 0 Å². The molecule has 4 nitrogen and oxygen atoms in total. The summed E-state index contributed by atoms with van der Waals surface area (Å²) in [4.78, 5) is 19.9. The smallest absolute Gasteiger partial charge is 0.338 e. The molecule has 0 unspecified atom stereocenters. The van der Waals surface area contributed by atoms with Gasteiger partial charge in [-0.25, -0.2) is 4.79 Å².